The second-order valence-electron chi connectivity index (χ2n) is 3.59. The Bertz CT molecular complexity index is 513. The smallest absolute Gasteiger partial charge is 0.337 e. The molecule has 0 aliphatic rings. The Morgan fingerprint density at radius 3 is 2.67 bits per heavy atom. The molecular formula is C10H14N2O4S2. The second-order valence-corrected chi connectivity index (χ2v) is 6.58. The van der Waals surface area contributed by atoms with Crippen LogP contribution in [0.1, 0.15) is 17.3 Å². The monoisotopic (exact) mass is 290 g/mol. The Morgan fingerprint density at radius 1 is 1.56 bits per heavy atom. The predicted octanol–water partition coefficient (Wildman–Crippen LogP) is 0.810. The molecule has 0 spiro atoms. The molecule has 2 N–H and O–H groups in total. The van der Waals surface area contributed by atoms with E-state index in [4.69, 9.17) is 5.11 Å². The normalized spacial score (nSPS) is 13.2. The molecule has 0 bridgehead atoms. The largest absolute Gasteiger partial charge is 0.478 e. The number of carboxylic acid groups (broad SMARTS) is 1. The van der Waals surface area contributed by atoms with Crippen molar-refractivity contribution >= 4 is 27.8 Å². The van der Waals surface area contributed by atoms with Crippen molar-refractivity contribution in [1.82, 2.24) is 9.71 Å². The van der Waals surface area contributed by atoms with Crippen LogP contribution in [-0.2, 0) is 10.0 Å². The summed E-state index contributed by atoms with van der Waals surface area (Å²) in [5.74, 6) is -1.14. The van der Waals surface area contributed by atoms with Crippen LogP contribution in [-0.4, -0.2) is 42.5 Å². The van der Waals surface area contributed by atoms with Crippen LogP contribution >= 0.6 is 11.8 Å². The standard InChI is InChI=1S/C10H14N2O4S2/c1-7(17-2)5-12-18(15,16)9-4-3-8(6-11-9)10(13)14/h3-4,6-7,12H,5H2,1-2H3,(H,13,14). The summed E-state index contributed by atoms with van der Waals surface area (Å²) in [5.41, 5.74) is -0.0496. The van der Waals surface area contributed by atoms with Crippen molar-refractivity contribution in [3.8, 4) is 0 Å². The number of nitrogens with one attached hydrogen (secondary N) is 1. The van der Waals surface area contributed by atoms with E-state index in [1.54, 1.807) is 11.8 Å². The Hall–Kier alpha value is -1.12. The number of thioether (sulfide) groups is 1. The molecule has 1 heterocycles. The quantitative estimate of drug-likeness (QED) is 0.805. The van der Waals surface area contributed by atoms with Gasteiger partial charge in [-0.2, -0.15) is 11.8 Å². The Morgan fingerprint density at radius 2 is 2.22 bits per heavy atom. The number of carboxylic acids is 1. The molecule has 1 atom stereocenters. The van der Waals surface area contributed by atoms with Crippen molar-refractivity contribution in [1.29, 1.82) is 0 Å². The third-order valence-electron chi connectivity index (χ3n) is 2.22. The molecule has 1 unspecified atom stereocenters. The lowest BCUT2D eigenvalue weighted by atomic mass is 10.3. The summed E-state index contributed by atoms with van der Waals surface area (Å²) in [6, 6.07) is 2.39. The summed E-state index contributed by atoms with van der Waals surface area (Å²) >= 11 is 1.54. The molecule has 0 radical (unpaired) electrons. The van der Waals surface area contributed by atoms with E-state index in [9.17, 15) is 13.2 Å². The minimum Gasteiger partial charge on any atom is -0.478 e. The van der Waals surface area contributed by atoms with E-state index in [0.717, 1.165) is 6.20 Å². The maximum atomic E-state index is 11.8. The molecule has 0 amide bonds. The maximum Gasteiger partial charge on any atom is 0.337 e. The molecule has 100 valence electrons. The van der Waals surface area contributed by atoms with E-state index in [1.807, 2.05) is 13.2 Å². The van der Waals surface area contributed by atoms with Gasteiger partial charge in [0.1, 0.15) is 0 Å². The van der Waals surface area contributed by atoms with Gasteiger partial charge >= 0.3 is 5.97 Å². The zero-order valence-corrected chi connectivity index (χ0v) is 11.6. The first kappa shape index (κ1) is 14.9. The highest BCUT2D eigenvalue weighted by molar-refractivity contribution is 7.99. The Labute approximate surface area is 110 Å². The first-order valence-electron chi connectivity index (χ1n) is 5.08. The van der Waals surface area contributed by atoms with E-state index in [-0.39, 0.29) is 15.8 Å². The predicted molar refractivity (Wildman–Crippen MR) is 69.4 cm³/mol. The van der Waals surface area contributed by atoms with Crippen LogP contribution in [0.3, 0.4) is 0 Å². The highest BCUT2D eigenvalue weighted by Crippen LogP contribution is 2.08. The van der Waals surface area contributed by atoms with Crippen LogP contribution in [0.4, 0.5) is 0 Å². The fourth-order valence-electron chi connectivity index (χ4n) is 1.05. The van der Waals surface area contributed by atoms with Gasteiger partial charge in [-0.1, -0.05) is 6.92 Å². The number of carbonyl (C=O) groups is 1. The number of aromatic carboxylic acids is 1. The third-order valence-corrected chi connectivity index (χ3v) is 4.53. The molecule has 0 saturated heterocycles. The molecule has 1 rings (SSSR count). The molecule has 8 heteroatoms. The topological polar surface area (TPSA) is 96.4 Å². The average Bonchev–Trinajstić information content (AvgIpc) is 2.36. The van der Waals surface area contributed by atoms with Gasteiger partial charge in [-0.25, -0.2) is 22.9 Å². The summed E-state index contributed by atoms with van der Waals surface area (Å²) in [7, 11) is -3.68. The Balaban J connectivity index is 2.82. The second kappa shape index (κ2) is 6.17. The SMILES string of the molecule is CSC(C)CNS(=O)(=O)c1ccc(C(=O)O)cn1. The van der Waals surface area contributed by atoms with Crippen LogP contribution in [0.15, 0.2) is 23.4 Å². The molecular weight excluding hydrogens is 276 g/mol. The van der Waals surface area contributed by atoms with E-state index in [0.29, 0.717) is 6.54 Å². The Kier molecular flexibility index (Phi) is 5.12. The van der Waals surface area contributed by atoms with Crippen molar-refractivity contribution in [2.75, 3.05) is 12.8 Å². The van der Waals surface area contributed by atoms with Gasteiger partial charge in [0.15, 0.2) is 5.03 Å². The van der Waals surface area contributed by atoms with Gasteiger partial charge < -0.3 is 5.11 Å². The number of sulfonamides is 1. The third kappa shape index (κ3) is 3.97. The first-order chi connectivity index (χ1) is 8.36. The summed E-state index contributed by atoms with van der Waals surface area (Å²) in [6.07, 6.45) is 2.91. The number of rotatable bonds is 6. The van der Waals surface area contributed by atoms with Gasteiger partial charge in [-0.3, -0.25) is 0 Å². The van der Waals surface area contributed by atoms with E-state index < -0.39 is 16.0 Å². The molecule has 0 aliphatic heterocycles. The van der Waals surface area contributed by atoms with Crippen LogP contribution < -0.4 is 4.72 Å². The lowest BCUT2D eigenvalue weighted by molar-refractivity contribution is 0.0696. The molecule has 0 saturated carbocycles. The first-order valence-corrected chi connectivity index (χ1v) is 7.85. The van der Waals surface area contributed by atoms with Gasteiger partial charge in [-0.05, 0) is 18.4 Å². The van der Waals surface area contributed by atoms with Crippen LogP contribution in [0.25, 0.3) is 0 Å². The van der Waals surface area contributed by atoms with Gasteiger partial charge in [0.05, 0.1) is 5.56 Å². The molecule has 0 aliphatic carbocycles. The summed E-state index contributed by atoms with van der Waals surface area (Å²) in [5, 5.41) is 8.65. The highest BCUT2D eigenvalue weighted by Gasteiger charge is 2.17. The lowest BCUT2D eigenvalue weighted by Crippen LogP contribution is -2.30. The molecule has 18 heavy (non-hydrogen) atoms. The molecule has 0 fully saturated rings. The lowest BCUT2D eigenvalue weighted by Gasteiger charge is -2.10. The highest BCUT2D eigenvalue weighted by atomic mass is 32.2. The van der Waals surface area contributed by atoms with Gasteiger partial charge in [0.2, 0.25) is 0 Å². The zero-order valence-electron chi connectivity index (χ0n) is 9.95. The van der Waals surface area contributed by atoms with E-state index >= 15 is 0 Å². The van der Waals surface area contributed by atoms with Gasteiger partial charge in [0.25, 0.3) is 10.0 Å². The fourth-order valence-corrected chi connectivity index (χ4v) is 2.46. The zero-order chi connectivity index (χ0) is 13.8. The average molecular weight is 290 g/mol. The summed E-state index contributed by atoms with van der Waals surface area (Å²) in [6.45, 7) is 2.19. The fraction of sp³-hybridized carbons (Fsp3) is 0.400. The van der Waals surface area contributed by atoms with Crippen LogP contribution in [0, 0.1) is 0 Å². The minimum absolute atomic E-state index is 0.0496. The minimum atomic E-state index is -3.68. The van der Waals surface area contributed by atoms with Crippen LogP contribution in [0.2, 0.25) is 0 Å². The van der Waals surface area contributed by atoms with Crippen molar-refractivity contribution in [3.63, 3.8) is 0 Å². The molecule has 1 aromatic rings. The number of pyridine rings is 1. The van der Waals surface area contributed by atoms with E-state index in [1.165, 1.54) is 12.1 Å². The van der Waals surface area contributed by atoms with Crippen molar-refractivity contribution < 1.29 is 18.3 Å². The van der Waals surface area contributed by atoms with Crippen LogP contribution in [0.5, 0.6) is 0 Å². The number of nitrogens with zero attached hydrogens (tertiary/aromatic N) is 1. The van der Waals surface area contributed by atoms with E-state index in [2.05, 4.69) is 9.71 Å². The number of hydrogen-bond donors (Lipinski definition) is 2. The maximum absolute atomic E-state index is 11.8. The van der Waals surface area contributed by atoms with Crippen molar-refractivity contribution in [2.45, 2.75) is 17.2 Å². The molecule has 6 nitrogen and oxygen atoms in total. The molecule has 1 aromatic heterocycles. The summed E-state index contributed by atoms with van der Waals surface area (Å²) in [4.78, 5) is 14.2. The number of aromatic nitrogens is 1. The number of hydrogen-bond acceptors (Lipinski definition) is 5. The van der Waals surface area contributed by atoms with Crippen molar-refractivity contribution in [3.05, 3.63) is 23.9 Å². The summed E-state index contributed by atoms with van der Waals surface area (Å²) < 4.78 is 26.0. The van der Waals surface area contributed by atoms with Crippen molar-refractivity contribution in [2.24, 2.45) is 0 Å². The van der Waals surface area contributed by atoms with Gasteiger partial charge in [0, 0.05) is 18.0 Å². The molecule has 0 aromatic carbocycles. The van der Waals surface area contributed by atoms with Gasteiger partial charge in [-0.15, -0.1) is 0 Å².